The van der Waals surface area contributed by atoms with Crippen LogP contribution in [0.3, 0.4) is 0 Å². The third-order valence-corrected chi connectivity index (χ3v) is 2.03. The molecule has 1 rings (SSSR count). The number of nitrogens with two attached hydrogens (primary N) is 1. The molecule has 7 heteroatoms. The lowest BCUT2D eigenvalue weighted by Gasteiger charge is -2.18. The van der Waals surface area contributed by atoms with Gasteiger partial charge in [0.05, 0.1) is 11.3 Å². The summed E-state index contributed by atoms with van der Waals surface area (Å²) in [5, 5.41) is 8.68. The Morgan fingerprint density at radius 3 is 2.53 bits per heavy atom. The highest BCUT2D eigenvalue weighted by Crippen LogP contribution is 2.29. The molecule has 17 heavy (non-hydrogen) atoms. The van der Waals surface area contributed by atoms with Crippen LogP contribution in [0.4, 0.5) is 18.9 Å². The van der Waals surface area contributed by atoms with Crippen LogP contribution in [0.2, 0.25) is 0 Å². The Hall–Kier alpha value is -1.92. The van der Waals surface area contributed by atoms with Crippen LogP contribution >= 0.6 is 0 Å². The zero-order valence-electron chi connectivity index (χ0n) is 8.78. The molecule has 1 unspecified atom stereocenters. The van der Waals surface area contributed by atoms with Gasteiger partial charge in [-0.25, -0.2) is 4.79 Å². The van der Waals surface area contributed by atoms with Crippen molar-refractivity contribution in [2.75, 3.05) is 5.73 Å². The van der Waals surface area contributed by atoms with Crippen LogP contribution in [0.1, 0.15) is 17.3 Å². The summed E-state index contributed by atoms with van der Waals surface area (Å²) in [6, 6.07) is 3.32. The fourth-order valence-electron chi connectivity index (χ4n) is 1.03. The second-order valence-corrected chi connectivity index (χ2v) is 3.36. The van der Waals surface area contributed by atoms with Gasteiger partial charge in [0, 0.05) is 0 Å². The number of rotatable bonds is 3. The molecule has 0 saturated carbocycles. The molecule has 3 N–H and O–H groups in total. The fourth-order valence-corrected chi connectivity index (χ4v) is 1.03. The van der Waals surface area contributed by atoms with Crippen molar-refractivity contribution in [3.05, 3.63) is 23.8 Å². The Kier molecular flexibility index (Phi) is 3.50. The Labute approximate surface area is 94.8 Å². The van der Waals surface area contributed by atoms with E-state index in [2.05, 4.69) is 4.74 Å². The Bertz CT molecular complexity index is 431. The zero-order chi connectivity index (χ0) is 13.2. The largest absolute Gasteiger partial charge is 0.479 e. The molecule has 0 aliphatic rings. The van der Waals surface area contributed by atoms with E-state index < -0.39 is 18.2 Å². The maximum absolute atomic E-state index is 12.2. The van der Waals surface area contributed by atoms with Crippen molar-refractivity contribution in [2.45, 2.75) is 19.2 Å². The summed E-state index contributed by atoms with van der Waals surface area (Å²) < 4.78 is 41.3. The minimum Gasteiger partial charge on any atom is -0.479 e. The van der Waals surface area contributed by atoms with Gasteiger partial charge in [0.25, 0.3) is 0 Å². The molecule has 1 aromatic rings. The Morgan fingerprint density at radius 1 is 1.47 bits per heavy atom. The summed E-state index contributed by atoms with van der Waals surface area (Å²) in [5.41, 5.74) is 5.15. The molecule has 0 amide bonds. The number of aromatic carboxylic acids is 1. The van der Waals surface area contributed by atoms with Gasteiger partial charge < -0.3 is 15.6 Å². The number of nitrogen functional groups attached to an aromatic ring is 1. The number of hydrogen-bond acceptors (Lipinski definition) is 3. The van der Waals surface area contributed by atoms with E-state index in [1.54, 1.807) is 0 Å². The van der Waals surface area contributed by atoms with Crippen molar-refractivity contribution in [1.82, 2.24) is 0 Å². The van der Waals surface area contributed by atoms with Crippen molar-refractivity contribution in [1.29, 1.82) is 0 Å². The number of carbonyl (C=O) groups is 1. The minimum absolute atomic E-state index is 0.0499. The maximum atomic E-state index is 12.2. The molecular formula is C10H10F3NO3. The lowest BCUT2D eigenvalue weighted by atomic mass is 10.2. The molecule has 0 aliphatic carbocycles. The highest BCUT2D eigenvalue weighted by molar-refractivity contribution is 5.89. The summed E-state index contributed by atoms with van der Waals surface area (Å²) in [6.07, 6.45) is -6.60. The SMILES string of the molecule is CC(Oc1cc(C(=O)O)ccc1N)C(F)(F)F. The summed E-state index contributed by atoms with van der Waals surface area (Å²) in [7, 11) is 0. The molecule has 0 fully saturated rings. The second-order valence-electron chi connectivity index (χ2n) is 3.36. The quantitative estimate of drug-likeness (QED) is 0.806. The van der Waals surface area contributed by atoms with Crippen LogP contribution in [0.25, 0.3) is 0 Å². The molecule has 0 radical (unpaired) electrons. The topological polar surface area (TPSA) is 72.5 Å². The number of ether oxygens (including phenoxy) is 1. The average molecular weight is 249 g/mol. The van der Waals surface area contributed by atoms with Gasteiger partial charge in [-0.05, 0) is 25.1 Å². The van der Waals surface area contributed by atoms with Crippen LogP contribution in [0.15, 0.2) is 18.2 Å². The van der Waals surface area contributed by atoms with Crippen molar-refractivity contribution >= 4 is 11.7 Å². The molecule has 0 saturated heterocycles. The summed E-state index contributed by atoms with van der Waals surface area (Å²) >= 11 is 0. The van der Waals surface area contributed by atoms with Crippen LogP contribution < -0.4 is 10.5 Å². The lowest BCUT2D eigenvalue weighted by molar-refractivity contribution is -0.189. The number of carboxylic acid groups (broad SMARTS) is 1. The van der Waals surface area contributed by atoms with E-state index in [4.69, 9.17) is 10.8 Å². The average Bonchev–Trinajstić information content (AvgIpc) is 2.19. The normalized spacial score (nSPS) is 13.2. The van der Waals surface area contributed by atoms with E-state index in [9.17, 15) is 18.0 Å². The number of anilines is 1. The zero-order valence-corrected chi connectivity index (χ0v) is 8.78. The second kappa shape index (κ2) is 4.52. The minimum atomic E-state index is -4.54. The van der Waals surface area contributed by atoms with Crippen LogP contribution in [0.5, 0.6) is 5.75 Å². The molecule has 0 aliphatic heterocycles. The van der Waals surface area contributed by atoms with Gasteiger partial charge in [0.1, 0.15) is 5.75 Å². The van der Waals surface area contributed by atoms with Crippen molar-refractivity contribution in [3.8, 4) is 5.75 Å². The first-order valence-electron chi connectivity index (χ1n) is 4.58. The molecule has 94 valence electrons. The first-order chi connectivity index (χ1) is 7.71. The van der Waals surface area contributed by atoms with Crippen molar-refractivity contribution < 1.29 is 27.8 Å². The third kappa shape index (κ3) is 3.27. The summed E-state index contributed by atoms with van der Waals surface area (Å²) in [5.74, 6) is -1.57. The molecule has 0 spiro atoms. The summed E-state index contributed by atoms with van der Waals surface area (Å²) in [6.45, 7) is 0.812. The molecule has 1 atom stereocenters. The number of halogens is 3. The third-order valence-electron chi connectivity index (χ3n) is 2.03. The first-order valence-corrected chi connectivity index (χ1v) is 4.58. The monoisotopic (exact) mass is 249 g/mol. The fraction of sp³-hybridized carbons (Fsp3) is 0.300. The molecule has 0 heterocycles. The van der Waals surface area contributed by atoms with E-state index in [0.717, 1.165) is 13.0 Å². The highest BCUT2D eigenvalue weighted by atomic mass is 19.4. The summed E-state index contributed by atoms with van der Waals surface area (Å²) in [4.78, 5) is 10.6. The Balaban J connectivity index is 2.98. The molecule has 0 bridgehead atoms. The van der Waals surface area contributed by atoms with Gasteiger partial charge >= 0.3 is 12.1 Å². The van der Waals surface area contributed by atoms with Gasteiger partial charge in [-0.1, -0.05) is 0 Å². The highest BCUT2D eigenvalue weighted by Gasteiger charge is 2.38. The van der Waals surface area contributed by atoms with Gasteiger partial charge in [-0.15, -0.1) is 0 Å². The van der Waals surface area contributed by atoms with Crippen LogP contribution in [0, 0.1) is 0 Å². The number of alkyl halides is 3. The predicted molar refractivity (Wildman–Crippen MR) is 54.0 cm³/mol. The number of hydrogen-bond donors (Lipinski definition) is 2. The predicted octanol–water partition coefficient (Wildman–Crippen LogP) is 2.30. The smallest absolute Gasteiger partial charge is 0.425 e. The van der Waals surface area contributed by atoms with Crippen molar-refractivity contribution in [2.24, 2.45) is 0 Å². The standard InChI is InChI=1S/C10H10F3NO3/c1-5(10(11,12)13)17-8-4-6(9(15)16)2-3-7(8)14/h2-5H,14H2,1H3,(H,15,16). The molecule has 1 aromatic carbocycles. The van der Waals surface area contributed by atoms with Crippen LogP contribution in [-0.2, 0) is 0 Å². The van der Waals surface area contributed by atoms with Crippen LogP contribution in [-0.4, -0.2) is 23.4 Å². The van der Waals surface area contributed by atoms with E-state index in [-0.39, 0.29) is 17.0 Å². The van der Waals surface area contributed by atoms with Gasteiger partial charge in [0.15, 0.2) is 6.10 Å². The van der Waals surface area contributed by atoms with E-state index >= 15 is 0 Å². The Morgan fingerprint density at radius 2 is 2.06 bits per heavy atom. The molecule has 4 nitrogen and oxygen atoms in total. The molecular weight excluding hydrogens is 239 g/mol. The first kappa shape index (κ1) is 13.1. The lowest BCUT2D eigenvalue weighted by Crippen LogP contribution is -2.31. The van der Waals surface area contributed by atoms with Gasteiger partial charge in [-0.3, -0.25) is 0 Å². The van der Waals surface area contributed by atoms with Gasteiger partial charge in [0.2, 0.25) is 0 Å². The van der Waals surface area contributed by atoms with E-state index in [1.165, 1.54) is 12.1 Å². The van der Waals surface area contributed by atoms with Gasteiger partial charge in [-0.2, -0.15) is 13.2 Å². The number of carboxylic acids is 1. The van der Waals surface area contributed by atoms with Crippen molar-refractivity contribution in [3.63, 3.8) is 0 Å². The van der Waals surface area contributed by atoms with E-state index in [0.29, 0.717) is 0 Å². The molecule has 0 aromatic heterocycles. The van der Waals surface area contributed by atoms with E-state index in [1.807, 2.05) is 0 Å². The maximum Gasteiger partial charge on any atom is 0.425 e. The number of benzene rings is 1.